The Balaban J connectivity index is 2.58. The fourth-order valence-electron chi connectivity index (χ4n) is 0.793. The second-order valence-electron chi connectivity index (χ2n) is 2.67. The van der Waals surface area contributed by atoms with Crippen molar-refractivity contribution in [1.29, 1.82) is 0 Å². The number of nitrogens with zero attached hydrogens (tertiary/aromatic N) is 1. The summed E-state index contributed by atoms with van der Waals surface area (Å²) in [5.74, 6) is -0.627. The predicted molar refractivity (Wildman–Crippen MR) is 55.5 cm³/mol. The van der Waals surface area contributed by atoms with E-state index in [9.17, 15) is 13.6 Å². The van der Waals surface area contributed by atoms with Crippen LogP contribution in [0.1, 0.15) is 10.4 Å². The lowest BCUT2D eigenvalue weighted by atomic mass is 10.3. The van der Waals surface area contributed by atoms with E-state index in [2.05, 4.69) is 20.9 Å². The van der Waals surface area contributed by atoms with Gasteiger partial charge in [-0.15, -0.1) is 0 Å². The molecule has 1 amide bonds. The van der Waals surface area contributed by atoms with Crippen molar-refractivity contribution in [2.45, 2.75) is 4.83 Å². The van der Waals surface area contributed by atoms with E-state index in [4.69, 9.17) is 11.6 Å². The molecule has 0 aliphatic rings. The normalized spacial score (nSPS) is 11.2. The maximum Gasteiger partial charge on any atom is 0.318 e. The summed E-state index contributed by atoms with van der Waals surface area (Å²) < 4.78 is 24.7. The lowest BCUT2D eigenvalue weighted by Gasteiger charge is -2.09. The molecule has 0 atom stereocenters. The number of pyridine rings is 1. The number of hydrogen-bond donors (Lipinski definition) is 1. The number of alkyl halides is 3. The van der Waals surface area contributed by atoms with E-state index in [1.807, 2.05) is 5.32 Å². The van der Waals surface area contributed by atoms with Crippen LogP contribution in [0.25, 0.3) is 0 Å². The first-order chi connectivity index (χ1) is 6.88. The Morgan fingerprint density at radius 3 is 2.73 bits per heavy atom. The Labute approximate surface area is 98.0 Å². The van der Waals surface area contributed by atoms with Gasteiger partial charge in [-0.1, -0.05) is 11.6 Å². The molecule has 0 bridgehead atoms. The van der Waals surface area contributed by atoms with Gasteiger partial charge in [0.2, 0.25) is 0 Å². The summed E-state index contributed by atoms with van der Waals surface area (Å²) in [6.07, 6.45) is 1.21. The fraction of sp³-hybridized carbons (Fsp3) is 0.250. The number of rotatable bonds is 3. The van der Waals surface area contributed by atoms with Crippen LogP contribution in [0.3, 0.4) is 0 Å². The van der Waals surface area contributed by atoms with Crippen molar-refractivity contribution in [3.8, 4) is 0 Å². The number of carbonyl (C=O) groups is 1. The maximum atomic E-state index is 12.3. The van der Waals surface area contributed by atoms with Crippen molar-refractivity contribution in [2.75, 3.05) is 6.54 Å². The Kier molecular flexibility index (Phi) is 3.98. The first-order valence-electron chi connectivity index (χ1n) is 3.85. The molecule has 0 aliphatic heterocycles. The molecule has 3 nitrogen and oxygen atoms in total. The standard InChI is InChI=1S/C8H6BrClF2N2O/c9-8(11,12)4-14-7(15)5-1-2-6(10)13-3-5/h1-3H,4H2,(H,14,15). The molecule has 82 valence electrons. The molecule has 15 heavy (non-hydrogen) atoms. The summed E-state index contributed by atoms with van der Waals surface area (Å²) in [5.41, 5.74) is 0.177. The lowest BCUT2D eigenvalue weighted by molar-refractivity contribution is 0.0835. The van der Waals surface area contributed by atoms with Crippen molar-refractivity contribution in [2.24, 2.45) is 0 Å². The van der Waals surface area contributed by atoms with Gasteiger partial charge in [0.25, 0.3) is 5.91 Å². The van der Waals surface area contributed by atoms with Crippen LogP contribution in [-0.2, 0) is 0 Å². The zero-order valence-electron chi connectivity index (χ0n) is 7.31. The van der Waals surface area contributed by atoms with Crippen molar-refractivity contribution in [3.63, 3.8) is 0 Å². The van der Waals surface area contributed by atoms with E-state index < -0.39 is 17.3 Å². The highest BCUT2D eigenvalue weighted by atomic mass is 79.9. The smallest absolute Gasteiger partial charge is 0.318 e. The van der Waals surface area contributed by atoms with Crippen LogP contribution in [0.2, 0.25) is 5.15 Å². The van der Waals surface area contributed by atoms with E-state index in [1.54, 1.807) is 0 Å². The van der Waals surface area contributed by atoms with Crippen LogP contribution in [0.15, 0.2) is 18.3 Å². The van der Waals surface area contributed by atoms with Crippen molar-refractivity contribution >= 4 is 33.4 Å². The number of nitrogens with one attached hydrogen (secondary N) is 1. The molecule has 0 saturated carbocycles. The summed E-state index contributed by atoms with van der Waals surface area (Å²) in [4.78, 5) is 11.8. The first-order valence-corrected chi connectivity index (χ1v) is 5.02. The van der Waals surface area contributed by atoms with Gasteiger partial charge in [-0.2, -0.15) is 8.78 Å². The lowest BCUT2D eigenvalue weighted by Crippen LogP contribution is -2.32. The van der Waals surface area contributed by atoms with Gasteiger partial charge in [0.15, 0.2) is 0 Å². The summed E-state index contributed by atoms with van der Waals surface area (Å²) in [6.45, 7) is -0.783. The van der Waals surface area contributed by atoms with Crippen LogP contribution in [-0.4, -0.2) is 22.3 Å². The monoisotopic (exact) mass is 298 g/mol. The fourth-order valence-corrected chi connectivity index (χ4v) is 1.04. The van der Waals surface area contributed by atoms with Gasteiger partial charge in [-0.3, -0.25) is 4.79 Å². The van der Waals surface area contributed by atoms with Crippen LogP contribution in [0.5, 0.6) is 0 Å². The molecule has 0 saturated heterocycles. The minimum atomic E-state index is -3.11. The van der Waals surface area contributed by atoms with Crippen molar-refractivity contribution in [3.05, 3.63) is 29.0 Å². The Morgan fingerprint density at radius 2 is 2.27 bits per heavy atom. The Hall–Kier alpha value is -0.750. The molecule has 1 rings (SSSR count). The highest BCUT2D eigenvalue weighted by Crippen LogP contribution is 2.19. The van der Waals surface area contributed by atoms with E-state index in [-0.39, 0.29) is 10.7 Å². The average molecular weight is 300 g/mol. The minimum Gasteiger partial charge on any atom is -0.345 e. The van der Waals surface area contributed by atoms with E-state index in [0.717, 1.165) is 0 Å². The molecule has 0 fully saturated rings. The number of hydrogen-bond acceptors (Lipinski definition) is 2. The quantitative estimate of drug-likeness (QED) is 0.688. The molecular formula is C8H6BrClF2N2O. The van der Waals surface area contributed by atoms with Gasteiger partial charge in [0.05, 0.1) is 12.1 Å². The van der Waals surface area contributed by atoms with Gasteiger partial charge in [-0.25, -0.2) is 4.98 Å². The topological polar surface area (TPSA) is 42.0 Å². The van der Waals surface area contributed by atoms with Crippen LogP contribution in [0.4, 0.5) is 8.78 Å². The Bertz CT molecular complexity index is 353. The number of halogens is 4. The molecule has 1 aromatic rings. The van der Waals surface area contributed by atoms with E-state index in [1.165, 1.54) is 18.3 Å². The van der Waals surface area contributed by atoms with Gasteiger partial charge in [0.1, 0.15) is 5.15 Å². The van der Waals surface area contributed by atoms with Crippen molar-refractivity contribution in [1.82, 2.24) is 10.3 Å². The van der Waals surface area contributed by atoms with Crippen LogP contribution in [0, 0.1) is 0 Å². The third kappa shape index (κ3) is 4.53. The van der Waals surface area contributed by atoms with E-state index >= 15 is 0 Å². The molecule has 1 N–H and O–H groups in total. The Morgan fingerprint density at radius 1 is 1.60 bits per heavy atom. The van der Waals surface area contributed by atoms with Crippen LogP contribution >= 0.6 is 27.5 Å². The third-order valence-corrected chi connectivity index (χ3v) is 1.94. The van der Waals surface area contributed by atoms with E-state index in [0.29, 0.717) is 0 Å². The average Bonchev–Trinajstić information content (AvgIpc) is 2.14. The first kappa shape index (κ1) is 12.3. The summed E-state index contributed by atoms with van der Waals surface area (Å²) in [7, 11) is 0. The second kappa shape index (κ2) is 4.85. The number of carbonyl (C=O) groups excluding carboxylic acids is 1. The second-order valence-corrected chi connectivity index (χ2v) is 4.21. The van der Waals surface area contributed by atoms with Crippen LogP contribution < -0.4 is 5.32 Å². The predicted octanol–water partition coefficient (Wildman–Crippen LogP) is 2.45. The minimum absolute atomic E-state index is 0.177. The molecule has 0 aromatic carbocycles. The zero-order valence-corrected chi connectivity index (χ0v) is 9.65. The van der Waals surface area contributed by atoms with Gasteiger partial charge in [0, 0.05) is 6.20 Å². The third-order valence-electron chi connectivity index (χ3n) is 1.44. The summed E-state index contributed by atoms with van der Waals surface area (Å²) >= 11 is 7.60. The SMILES string of the molecule is O=C(NCC(F)(F)Br)c1ccc(Cl)nc1. The molecular weight excluding hydrogens is 293 g/mol. The van der Waals surface area contributed by atoms with Gasteiger partial charge < -0.3 is 5.32 Å². The molecule has 1 aromatic heterocycles. The molecule has 0 radical (unpaired) electrons. The highest BCUT2D eigenvalue weighted by Gasteiger charge is 2.24. The van der Waals surface area contributed by atoms with Gasteiger partial charge in [-0.05, 0) is 28.1 Å². The highest BCUT2D eigenvalue weighted by molar-refractivity contribution is 9.10. The van der Waals surface area contributed by atoms with Crippen molar-refractivity contribution < 1.29 is 13.6 Å². The molecule has 1 heterocycles. The molecule has 0 unspecified atom stereocenters. The molecule has 0 spiro atoms. The number of amides is 1. The summed E-state index contributed by atoms with van der Waals surface area (Å²) in [5, 5.41) is 2.27. The maximum absolute atomic E-state index is 12.3. The molecule has 0 aliphatic carbocycles. The number of aromatic nitrogens is 1. The molecule has 7 heteroatoms. The largest absolute Gasteiger partial charge is 0.345 e. The summed E-state index contributed by atoms with van der Waals surface area (Å²) in [6, 6.07) is 2.81. The van der Waals surface area contributed by atoms with Gasteiger partial charge >= 0.3 is 4.83 Å². The zero-order chi connectivity index (χ0) is 11.5.